The molecule has 1 heterocycles. The SMILES string of the molecule is COc1cc2c(CO[Si](C)(C)C(C)(C)C)nccc2c(OCc2ccccc2)c1C. The van der Waals surface area contributed by atoms with Crippen LogP contribution in [0.3, 0.4) is 0 Å². The lowest BCUT2D eigenvalue weighted by Gasteiger charge is -2.36. The molecule has 0 amide bonds. The van der Waals surface area contributed by atoms with Gasteiger partial charge in [0.05, 0.1) is 19.4 Å². The van der Waals surface area contributed by atoms with Gasteiger partial charge in [0.25, 0.3) is 0 Å². The Kier molecular flexibility index (Phi) is 6.53. The van der Waals surface area contributed by atoms with Gasteiger partial charge in [-0.1, -0.05) is 51.1 Å². The Morgan fingerprint density at radius 3 is 2.30 bits per heavy atom. The number of aromatic nitrogens is 1. The van der Waals surface area contributed by atoms with Crippen LogP contribution in [-0.2, 0) is 17.6 Å². The van der Waals surface area contributed by atoms with Gasteiger partial charge in [0.15, 0.2) is 8.32 Å². The van der Waals surface area contributed by atoms with Crippen LogP contribution in [0.15, 0.2) is 48.7 Å². The first-order chi connectivity index (χ1) is 14.1. The maximum absolute atomic E-state index is 6.46. The monoisotopic (exact) mass is 423 g/mol. The highest BCUT2D eigenvalue weighted by Crippen LogP contribution is 2.40. The lowest BCUT2D eigenvalue weighted by molar-refractivity contribution is 0.273. The standard InChI is InChI=1S/C25H33NO3Si/c1-18-23(27-5)15-21-20(24(18)28-16-19-11-9-8-10-12-19)13-14-26-22(21)17-29-30(6,7)25(2,3)4/h8-15H,16-17H2,1-7H3. The number of hydrogen-bond acceptors (Lipinski definition) is 4. The van der Waals surface area contributed by atoms with Crippen LogP contribution in [0.4, 0.5) is 0 Å². The topological polar surface area (TPSA) is 40.6 Å². The number of fused-ring (bicyclic) bond motifs is 1. The molecule has 0 fully saturated rings. The molecule has 30 heavy (non-hydrogen) atoms. The van der Waals surface area contributed by atoms with Gasteiger partial charge in [0, 0.05) is 22.5 Å². The molecule has 0 aliphatic rings. The largest absolute Gasteiger partial charge is 0.496 e. The number of nitrogens with zero attached hydrogens (tertiary/aromatic N) is 1. The smallest absolute Gasteiger partial charge is 0.192 e. The molecular weight excluding hydrogens is 390 g/mol. The van der Waals surface area contributed by atoms with Gasteiger partial charge in [0.2, 0.25) is 0 Å². The zero-order chi connectivity index (χ0) is 21.9. The average Bonchev–Trinajstić information content (AvgIpc) is 2.71. The highest BCUT2D eigenvalue weighted by molar-refractivity contribution is 6.74. The third kappa shape index (κ3) is 4.68. The Morgan fingerprint density at radius 2 is 1.67 bits per heavy atom. The minimum absolute atomic E-state index is 0.149. The maximum atomic E-state index is 6.46. The number of rotatable bonds is 7. The van der Waals surface area contributed by atoms with E-state index in [4.69, 9.17) is 13.9 Å². The second-order valence-corrected chi connectivity index (χ2v) is 14.0. The van der Waals surface area contributed by atoms with Crippen molar-refractivity contribution in [3.8, 4) is 11.5 Å². The highest BCUT2D eigenvalue weighted by atomic mass is 28.4. The number of benzene rings is 2. The van der Waals surface area contributed by atoms with E-state index in [0.29, 0.717) is 13.2 Å². The van der Waals surface area contributed by atoms with E-state index < -0.39 is 8.32 Å². The summed E-state index contributed by atoms with van der Waals surface area (Å²) in [6.45, 7) is 14.3. The first-order valence-electron chi connectivity index (χ1n) is 10.4. The van der Waals surface area contributed by atoms with E-state index in [9.17, 15) is 0 Å². The van der Waals surface area contributed by atoms with Gasteiger partial charge in [-0.2, -0.15) is 0 Å². The quantitative estimate of drug-likeness (QED) is 0.399. The molecule has 0 saturated heterocycles. The van der Waals surface area contributed by atoms with E-state index in [1.165, 1.54) is 0 Å². The zero-order valence-electron chi connectivity index (χ0n) is 19.2. The Balaban J connectivity index is 1.99. The van der Waals surface area contributed by atoms with E-state index in [0.717, 1.165) is 39.1 Å². The number of ether oxygens (including phenoxy) is 2. The number of methoxy groups -OCH3 is 1. The summed E-state index contributed by atoms with van der Waals surface area (Å²) in [6, 6.07) is 14.3. The Bertz CT molecular complexity index is 1010. The molecule has 5 heteroatoms. The van der Waals surface area contributed by atoms with Crippen molar-refractivity contribution < 1.29 is 13.9 Å². The van der Waals surface area contributed by atoms with Crippen LogP contribution in [0.2, 0.25) is 18.1 Å². The van der Waals surface area contributed by atoms with Gasteiger partial charge in [-0.15, -0.1) is 0 Å². The van der Waals surface area contributed by atoms with Crippen LogP contribution < -0.4 is 9.47 Å². The molecule has 0 unspecified atom stereocenters. The van der Waals surface area contributed by atoms with Crippen LogP contribution in [-0.4, -0.2) is 20.4 Å². The molecule has 0 radical (unpaired) electrons. The van der Waals surface area contributed by atoms with Crippen molar-refractivity contribution in [1.82, 2.24) is 4.98 Å². The first kappa shape index (κ1) is 22.3. The van der Waals surface area contributed by atoms with Crippen LogP contribution in [0.25, 0.3) is 10.8 Å². The molecule has 0 N–H and O–H groups in total. The molecular formula is C25H33NO3Si. The van der Waals surface area contributed by atoms with Crippen molar-refractivity contribution in [2.24, 2.45) is 0 Å². The summed E-state index contributed by atoms with van der Waals surface area (Å²) in [7, 11) is -0.191. The normalized spacial score (nSPS) is 12.2. The second-order valence-electron chi connectivity index (χ2n) is 9.21. The van der Waals surface area contributed by atoms with Crippen LogP contribution >= 0.6 is 0 Å². The predicted octanol–water partition coefficient (Wildman–Crippen LogP) is 6.65. The number of pyridine rings is 1. The first-order valence-corrected chi connectivity index (χ1v) is 13.3. The summed E-state index contributed by atoms with van der Waals surface area (Å²) in [5.41, 5.74) is 3.03. The van der Waals surface area contributed by atoms with Gasteiger partial charge in [0.1, 0.15) is 18.1 Å². The van der Waals surface area contributed by atoms with Gasteiger partial charge in [-0.25, -0.2) is 0 Å². The second kappa shape index (κ2) is 8.78. The Labute approximate surface area is 181 Å². The molecule has 3 aromatic rings. The molecule has 1 aromatic heterocycles. The van der Waals surface area contributed by atoms with Crippen molar-refractivity contribution in [3.05, 3.63) is 65.5 Å². The summed E-state index contributed by atoms with van der Waals surface area (Å²) in [6.07, 6.45) is 1.84. The van der Waals surface area contributed by atoms with Gasteiger partial charge < -0.3 is 13.9 Å². The fraction of sp³-hybridized carbons (Fsp3) is 0.400. The molecule has 0 bridgehead atoms. The highest BCUT2D eigenvalue weighted by Gasteiger charge is 2.37. The van der Waals surface area contributed by atoms with E-state index in [1.807, 2.05) is 37.4 Å². The van der Waals surface area contributed by atoms with Crippen LogP contribution in [0.1, 0.15) is 37.6 Å². The van der Waals surface area contributed by atoms with E-state index in [2.05, 4.69) is 57.0 Å². The van der Waals surface area contributed by atoms with E-state index >= 15 is 0 Å². The summed E-state index contributed by atoms with van der Waals surface area (Å²) >= 11 is 0. The van der Waals surface area contributed by atoms with Crippen molar-refractivity contribution in [1.29, 1.82) is 0 Å². The van der Waals surface area contributed by atoms with Crippen molar-refractivity contribution in [2.75, 3.05) is 7.11 Å². The maximum Gasteiger partial charge on any atom is 0.192 e. The third-order valence-electron chi connectivity index (χ3n) is 6.12. The molecule has 0 spiro atoms. The summed E-state index contributed by atoms with van der Waals surface area (Å²) in [5.74, 6) is 1.64. The zero-order valence-corrected chi connectivity index (χ0v) is 20.2. The Hall–Kier alpha value is -2.37. The van der Waals surface area contributed by atoms with Gasteiger partial charge >= 0.3 is 0 Å². The van der Waals surface area contributed by atoms with Crippen LogP contribution in [0, 0.1) is 6.92 Å². The lowest BCUT2D eigenvalue weighted by Crippen LogP contribution is -2.40. The molecule has 0 saturated carbocycles. The van der Waals surface area contributed by atoms with Crippen molar-refractivity contribution in [2.45, 2.75) is 59.0 Å². The fourth-order valence-corrected chi connectivity index (χ4v) is 4.07. The van der Waals surface area contributed by atoms with Crippen molar-refractivity contribution >= 4 is 19.1 Å². The third-order valence-corrected chi connectivity index (χ3v) is 10.6. The fourth-order valence-electron chi connectivity index (χ4n) is 3.14. The van der Waals surface area contributed by atoms with Crippen molar-refractivity contribution in [3.63, 3.8) is 0 Å². The lowest BCUT2D eigenvalue weighted by atomic mass is 10.0. The summed E-state index contributed by atoms with van der Waals surface area (Å²) < 4.78 is 18.4. The molecule has 0 atom stereocenters. The minimum atomic E-state index is -1.88. The molecule has 4 nitrogen and oxygen atoms in total. The molecule has 0 aliphatic heterocycles. The predicted molar refractivity (Wildman–Crippen MR) is 126 cm³/mol. The average molecular weight is 424 g/mol. The molecule has 0 aliphatic carbocycles. The molecule has 2 aromatic carbocycles. The number of hydrogen-bond donors (Lipinski definition) is 0. The summed E-state index contributed by atoms with van der Waals surface area (Å²) in [5, 5.41) is 2.20. The minimum Gasteiger partial charge on any atom is -0.496 e. The van der Waals surface area contributed by atoms with Gasteiger partial charge in [-0.05, 0) is 42.8 Å². The molecule has 3 rings (SSSR count). The Morgan fingerprint density at radius 1 is 0.967 bits per heavy atom. The summed E-state index contributed by atoms with van der Waals surface area (Å²) in [4.78, 5) is 4.64. The molecule has 160 valence electrons. The van der Waals surface area contributed by atoms with E-state index in [-0.39, 0.29) is 5.04 Å². The van der Waals surface area contributed by atoms with Gasteiger partial charge in [-0.3, -0.25) is 4.98 Å². The van der Waals surface area contributed by atoms with E-state index in [1.54, 1.807) is 7.11 Å². The van der Waals surface area contributed by atoms with Crippen LogP contribution in [0.5, 0.6) is 11.5 Å².